The van der Waals surface area contributed by atoms with Gasteiger partial charge >= 0.3 is 0 Å². The summed E-state index contributed by atoms with van der Waals surface area (Å²) in [4.78, 5) is 18.5. The van der Waals surface area contributed by atoms with Gasteiger partial charge in [0.1, 0.15) is 12.0 Å². The van der Waals surface area contributed by atoms with Gasteiger partial charge in [-0.25, -0.2) is 9.97 Å². The summed E-state index contributed by atoms with van der Waals surface area (Å²) in [5, 5.41) is 14.7. The zero-order chi connectivity index (χ0) is 13.7. The Labute approximate surface area is 114 Å². The number of aromatic nitrogens is 2. The number of thioether (sulfide) groups is 1. The molecule has 1 aromatic heterocycles. The van der Waals surface area contributed by atoms with Gasteiger partial charge in [-0.2, -0.15) is 0 Å². The first-order valence-electron chi connectivity index (χ1n) is 5.55. The van der Waals surface area contributed by atoms with Crippen molar-refractivity contribution in [1.82, 2.24) is 9.97 Å². The number of nitro benzene ring substituents is 1. The average Bonchev–Trinajstić information content (AvgIpc) is 2.45. The van der Waals surface area contributed by atoms with E-state index in [1.54, 1.807) is 25.4 Å². The number of para-hydroxylation sites is 1. The van der Waals surface area contributed by atoms with Gasteiger partial charge in [0.05, 0.1) is 9.95 Å². The van der Waals surface area contributed by atoms with Crippen molar-refractivity contribution in [3.8, 4) is 0 Å². The van der Waals surface area contributed by atoms with Gasteiger partial charge in [0.15, 0.2) is 0 Å². The van der Waals surface area contributed by atoms with Crippen LogP contribution in [-0.4, -0.2) is 21.9 Å². The van der Waals surface area contributed by atoms with Crippen LogP contribution >= 0.6 is 11.8 Å². The van der Waals surface area contributed by atoms with E-state index in [0.29, 0.717) is 11.4 Å². The number of hydrogen-bond donors (Lipinski definition) is 1. The summed E-state index contributed by atoms with van der Waals surface area (Å²) in [6, 6.07) is 6.85. The van der Waals surface area contributed by atoms with Gasteiger partial charge < -0.3 is 5.32 Å². The second-order valence-electron chi connectivity index (χ2n) is 3.65. The van der Waals surface area contributed by atoms with Gasteiger partial charge in [0, 0.05) is 25.1 Å². The quantitative estimate of drug-likeness (QED) is 0.391. The summed E-state index contributed by atoms with van der Waals surface area (Å²) in [7, 11) is 1.68. The number of nitrogens with one attached hydrogen (secondary N) is 1. The molecule has 0 radical (unpaired) electrons. The largest absolute Gasteiger partial charge is 0.382 e. The van der Waals surface area contributed by atoms with Gasteiger partial charge in [0.25, 0.3) is 5.69 Å². The van der Waals surface area contributed by atoms with E-state index in [4.69, 9.17) is 0 Å². The van der Waals surface area contributed by atoms with Crippen molar-refractivity contribution < 1.29 is 4.92 Å². The Morgan fingerprint density at radius 3 is 2.89 bits per heavy atom. The van der Waals surface area contributed by atoms with Crippen molar-refractivity contribution >= 4 is 23.1 Å². The third-order valence-corrected chi connectivity index (χ3v) is 3.50. The van der Waals surface area contributed by atoms with Crippen molar-refractivity contribution in [1.29, 1.82) is 0 Å². The number of nitrogens with zero attached hydrogens (tertiary/aromatic N) is 3. The first-order valence-corrected chi connectivity index (χ1v) is 6.53. The van der Waals surface area contributed by atoms with E-state index >= 15 is 0 Å². The molecule has 0 unspecified atom stereocenters. The molecule has 0 fully saturated rings. The van der Waals surface area contributed by atoms with E-state index < -0.39 is 0 Å². The zero-order valence-electron chi connectivity index (χ0n) is 10.2. The normalized spacial score (nSPS) is 10.2. The minimum atomic E-state index is -0.384. The monoisotopic (exact) mass is 276 g/mol. The molecule has 0 atom stereocenters. The van der Waals surface area contributed by atoms with Crippen molar-refractivity contribution in [3.05, 3.63) is 52.5 Å². The predicted octanol–water partition coefficient (Wildman–Crippen LogP) is 2.72. The van der Waals surface area contributed by atoms with Crippen molar-refractivity contribution in [2.24, 2.45) is 0 Å². The number of nitro groups is 1. The molecule has 0 spiro atoms. The van der Waals surface area contributed by atoms with Gasteiger partial charge in [-0.15, -0.1) is 11.8 Å². The third kappa shape index (κ3) is 3.19. The molecule has 19 heavy (non-hydrogen) atoms. The standard InChI is InChI=1S/C12H12N4O2S/c1-13-12-9(3-2-4-10(12)16(17)18)7-19-11-5-6-14-8-15-11/h2-6,8,13H,7H2,1H3. The van der Waals surface area contributed by atoms with E-state index in [1.807, 2.05) is 6.07 Å². The highest BCUT2D eigenvalue weighted by Gasteiger charge is 2.16. The Kier molecular flexibility index (Phi) is 4.30. The lowest BCUT2D eigenvalue weighted by Gasteiger charge is -2.08. The summed E-state index contributed by atoms with van der Waals surface area (Å²) in [5.74, 6) is 0.606. The minimum Gasteiger partial charge on any atom is -0.382 e. The van der Waals surface area contributed by atoms with E-state index in [2.05, 4.69) is 15.3 Å². The fraction of sp³-hybridized carbons (Fsp3) is 0.167. The smallest absolute Gasteiger partial charge is 0.292 e. The number of rotatable bonds is 5. The van der Waals surface area contributed by atoms with Gasteiger partial charge in [0.2, 0.25) is 0 Å². The van der Waals surface area contributed by atoms with Gasteiger partial charge in [-0.3, -0.25) is 10.1 Å². The SMILES string of the molecule is CNc1c(CSc2ccncn2)cccc1[N+](=O)[O-]. The summed E-state index contributed by atoms with van der Waals surface area (Å²) >= 11 is 1.51. The lowest BCUT2D eigenvalue weighted by Crippen LogP contribution is -2.00. The first-order chi connectivity index (χ1) is 9.22. The average molecular weight is 276 g/mol. The summed E-state index contributed by atoms with van der Waals surface area (Å²) in [5.41, 5.74) is 1.51. The van der Waals surface area contributed by atoms with E-state index in [0.717, 1.165) is 10.6 Å². The number of benzene rings is 1. The second kappa shape index (κ2) is 6.14. The van der Waals surface area contributed by atoms with E-state index in [1.165, 1.54) is 24.2 Å². The molecule has 98 valence electrons. The molecule has 0 aliphatic heterocycles. The Morgan fingerprint density at radius 2 is 2.26 bits per heavy atom. The molecule has 0 amide bonds. The van der Waals surface area contributed by atoms with Crippen LogP contribution in [0.5, 0.6) is 0 Å². The molecule has 2 rings (SSSR count). The van der Waals surface area contributed by atoms with Crippen LogP contribution < -0.4 is 5.32 Å². The highest BCUT2D eigenvalue weighted by atomic mass is 32.2. The molecule has 0 aliphatic carbocycles. The summed E-state index contributed by atoms with van der Waals surface area (Å²) in [6.07, 6.45) is 3.15. The number of anilines is 1. The van der Waals surface area contributed by atoms with Crippen LogP contribution in [0.4, 0.5) is 11.4 Å². The maximum absolute atomic E-state index is 10.9. The lowest BCUT2D eigenvalue weighted by molar-refractivity contribution is -0.384. The van der Waals surface area contributed by atoms with Crippen LogP contribution in [0.3, 0.4) is 0 Å². The molecular weight excluding hydrogens is 264 g/mol. The van der Waals surface area contributed by atoms with Crippen LogP contribution in [0.15, 0.2) is 41.8 Å². The zero-order valence-corrected chi connectivity index (χ0v) is 11.1. The lowest BCUT2D eigenvalue weighted by atomic mass is 10.1. The molecule has 0 bridgehead atoms. The fourth-order valence-electron chi connectivity index (χ4n) is 1.66. The maximum Gasteiger partial charge on any atom is 0.292 e. The van der Waals surface area contributed by atoms with Crippen LogP contribution in [0.25, 0.3) is 0 Å². The molecule has 1 heterocycles. The molecule has 0 saturated heterocycles. The summed E-state index contributed by atoms with van der Waals surface area (Å²) in [6.45, 7) is 0. The molecular formula is C12H12N4O2S. The van der Waals surface area contributed by atoms with E-state index in [9.17, 15) is 10.1 Å². The van der Waals surface area contributed by atoms with Gasteiger partial charge in [-0.1, -0.05) is 12.1 Å². The molecule has 7 heteroatoms. The van der Waals surface area contributed by atoms with Crippen molar-refractivity contribution in [2.75, 3.05) is 12.4 Å². The van der Waals surface area contributed by atoms with Crippen LogP contribution in [-0.2, 0) is 5.75 Å². The highest BCUT2D eigenvalue weighted by Crippen LogP contribution is 2.31. The Hall–Kier alpha value is -2.15. The molecule has 1 aromatic carbocycles. The Bertz CT molecular complexity index is 577. The first kappa shape index (κ1) is 13.3. The fourth-order valence-corrected chi connectivity index (χ4v) is 2.49. The minimum absolute atomic E-state index is 0.0864. The third-order valence-electron chi connectivity index (χ3n) is 2.51. The van der Waals surface area contributed by atoms with Crippen LogP contribution in [0, 0.1) is 10.1 Å². The van der Waals surface area contributed by atoms with Crippen LogP contribution in [0.2, 0.25) is 0 Å². The number of hydrogen-bond acceptors (Lipinski definition) is 6. The molecule has 0 aliphatic rings. The highest BCUT2D eigenvalue weighted by molar-refractivity contribution is 7.98. The predicted molar refractivity (Wildman–Crippen MR) is 74.2 cm³/mol. The molecule has 0 saturated carbocycles. The second-order valence-corrected chi connectivity index (χ2v) is 4.65. The Balaban J connectivity index is 2.21. The van der Waals surface area contributed by atoms with E-state index in [-0.39, 0.29) is 10.6 Å². The van der Waals surface area contributed by atoms with Crippen molar-refractivity contribution in [2.45, 2.75) is 10.8 Å². The topological polar surface area (TPSA) is 81.0 Å². The maximum atomic E-state index is 10.9. The Morgan fingerprint density at radius 1 is 1.42 bits per heavy atom. The van der Waals surface area contributed by atoms with Crippen LogP contribution in [0.1, 0.15) is 5.56 Å². The van der Waals surface area contributed by atoms with Gasteiger partial charge in [-0.05, 0) is 11.6 Å². The molecule has 6 nitrogen and oxygen atoms in total. The molecule has 1 N–H and O–H groups in total. The van der Waals surface area contributed by atoms with Crippen molar-refractivity contribution in [3.63, 3.8) is 0 Å². The molecule has 2 aromatic rings. The summed E-state index contributed by atoms with van der Waals surface area (Å²) < 4.78 is 0.